The van der Waals surface area contributed by atoms with Gasteiger partial charge in [0.2, 0.25) is 0 Å². The second kappa shape index (κ2) is 9.71. The Kier molecular flexibility index (Phi) is 6.43. The molecular formula is C32H31F2NO5. The molecule has 1 N–H and O–H groups in total. The summed E-state index contributed by atoms with van der Waals surface area (Å²) in [6.07, 6.45) is -0.288. The average molecular weight is 548 g/mol. The summed E-state index contributed by atoms with van der Waals surface area (Å²) in [4.78, 5) is 11.4. The van der Waals surface area contributed by atoms with E-state index >= 15 is 0 Å². The van der Waals surface area contributed by atoms with Gasteiger partial charge < -0.3 is 23.9 Å². The molecule has 3 aromatic carbocycles. The van der Waals surface area contributed by atoms with E-state index in [0.29, 0.717) is 37.5 Å². The molecule has 40 heavy (non-hydrogen) atoms. The van der Waals surface area contributed by atoms with E-state index in [-0.39, 0.29) is 6.10 Å². The maximum absolute atomic E-state index is 14.5. The number of carbonyl (C=O) groups is 1. The molecule has 0 bridgehead atoms. The van der Waals surface area contributed by atoms with Gasteiger partial charge in [-0.1, -0.05) is 50.2 Å². The summed E-state index contributed by atoms with van der Waals surface area (Å²) < 4.78 is 49.3. The van der Waals surface area contributed by atoms with Crippen molar-refractivity contribution in [3.63, 3.8) is 0 Å². The highest BCUT2D eigenvalue weighted by Crippen LogP contribution is 2.58. The minimum atomic E-state index is -1.01. The SMILES string of the molecule is CC(O[C@H]1C[C@@]2(C1)OCC(C)(C)c1c2c2c(OCc3ccccc3)cccc2n1-c1ccc(F)c(F)c1)C(=O)O. The third kappa shape index (κ3) is 4.35. The molecule has 8 heteroatoms. The van der Waals surface area contributed by atoms with Crippen LogP contribution in [0.3, 0.4) is 0 Å². The van der Waals surface area contributed by atoms with Crippen LogP contribution in [-0.4, -0.2) is 34.5 Å². The number of nitrogens with zero attached hydrogens (tertiary/aromatic N) is 1. The molecule has 1 fully saturated rings. The summed E-state index contributed by atoms with van der Waals surface area (Å²) in [5, 5.41) is 10.2. The van der Waals surface area contributed by atoms with Crippen molar-refractivity contribution in [1.82, 2.24) is 4.57 Å². The van der Waals surface area contributed by atoms with E-state index in [0.717, 1.165) is 33.8 Å². The lowest BCUT2D eigenvalue weighted by Crippen LogP contribution is -2.54. The Balaban J connectivity index is 1.54. The molecule has 4 aromatic rings. The number of halogens is 2. The highest BCUT2D eigenvalue weighted by Gasteiger charge is 2.56. The van der Waals surface area contributed by atoms with Gasteiger partial charge in [-0.25, -0.2) is 13.6 Å². The van der Waals surface area contributed by atoms with Crippen molar-refractivity contribution in [3.05, 3.63) is 95.2 Å². The first kappa shape index (κ1) is 26.5. The molecule has 0 radical (unpaired) electrons. The second-order valence-electron chi connectivity index (χ2n) is 11.4. The van der Waals surface area contributed by atoms with Crippen LogP contribution in [-0.2, 0) is 31.9 Å². The number of rotatable bonds is 7. The van der Waals surface area contributed by atoms with E-state index in [1.54, 1.807) is 6.07 Å². The number of fused-ring (bicyclic) bond motifs is 4. The van der Waals surface area contributed by atoms with Crippen LogP contribution in [0.15, 0.2) is 66.7 Å². The molecule has 208 valence electrons. The smallest absolute Gasteiger partial charge is 0.332 e. The van der Waals surface area contributed by atoms with Crippen molar-refractivity contribution < 1.29 is 32.9 Å². The van der Waals surface area contributed by atoms with Crippen LogP contribution in [0.1, 0.15) is 50.4 Å². The molecule has 1 aromatic heterocycles. The van der Waals surface area contributed by atoms with Crippen LogP contribution in [0.5, 0.6) is 5.75 Å². The molecule has 1 aliphatic heterocycles. The Morgan fingerprint density at radius 3 is 2.52 bits per heavy atom. The monoisotopic (exact) mass is 547 g/mol. The van der Waals surface area contributed by atoms with Gasteiger partial charge in [-0.2, -0.15) is 0 Å². The van der Waals surface area contributed by atoms with Crippen molar-refractivity contribution in [1.29, 1.82) is 0 Å². The summed E-state index contributed by atoms with van der Waals surface area (Å²) in [6.45, 7) is 6.40. The van der Waals surface area contributed by atoms with Gasteiger partial charge in [0.05, 0.1) is 18.2 Å². The average Bonchev–Trinajstić information content (AvgIpc) is 3.28. The van der Waals surface area contributed by atoms with E-state index in [2.05, 4.69) is 13.8 Å². The first-order chi connectivity index (χ1) is 19.1. The van der Waals surface area contributed by atoms with Crippen molar-refractivity contribution in [2.24, 2.45) is 0 Å². The van der Waals surface area contributed by atoms with Gasteiger partial charge in [0.25, 0.3) is 0 Å². The highest BCUT2D eigenvalue weighted by atomic mass is 19.2. The molecule has 0 amide bonds. The zero-order valence-electron chi connectivity index (χ0n) is 22.6. The van der Waals surface area contributed by atoms with Gasteiger partial charge in [0, 0.05) is 46.7 Å². The van der Waals surface area contributed by atoms with E-state index in [9.17, 15) is 18.7 Å². The van der Waals surface area contributed by atoms with Gasteiger partial charge in [0.15, 0.2) is 17.7 Å². The van der Waals surface area contributed by atoms with Crippen LogP contribution < -0.4 is 4.74 Å². The molecule has 1 aliphatic carbocycles. The number of benzene rings is 3. The summed E-state index contributed by atoms with van der Waals surface area (Å²) in [5.41, 5.74) is 2.95. The fraction of sp³-hybridized carbons (Fsp3) is 0.344. The number of carboxylic acids is 1. The van der Waals surface area contributed by atoms with Gasteiger partial charge in [-0.15, -0.1) is 0 Å². The molecule has 1 unspecified atom stereocenters. The van der Waals surface area contributed by atoms with E-state index < -0.39 is 34.7 Å². The van der Waals surface area contributed by atoms with Crippen molar-refractivity contribution in [3.8, 4) is 11.4 Å². The van der Waals surface area contributed by atoms with Crippen LogP contribution >= 0.6 is 0 Å². The maximum Gasteiger partial charge on any atom is 0.332 e. The van der Waals surface area contributed by atoms with Gasteiger partial charge >= 0.3 is 5.97 Å². The van der Waals surface area contributed by atoms with Crippen LogP contribution in [0.25, 0.3) is 16.6 Å². The van der Waals surface area contributed by atoms with E-state index in [1.807, 2.05) is 53.1 Å². The third-order valence-electron chi connectivity index (χ3n) is 8.02. The summed E-state index contributed by atoms with van der Waals surface area (Å²) >= 11 is 0. The number of hydrogen-bond acceptors (Lipinski definition) is 4. The lowest BCUT2D eigenvalue weighted by molar-refractivity contribution is -0.209. The molecule has 1 atom stereocenters. The van der Waals surface area contributed by atoms with Gasteiger partial charge in [0.1, 0.15) is 18.0 Å². The number of carboxylic acid groups (broad SMARTS) is 1. The highest BCUT2D eigenvalue weighted by molar-refractivity contribution is 5.94. The molecule has 6 nitrogen and oxygen atoms in total. The predicted molar refractivity (Wildman–Crippen MR) is 146 cm³/mol. The summed E-state index contributed by atoms with van der Waals surface area (Å²) in [7, 11) is 0. The third-order valence-corrected chi connectivity index (χ3v) is 8.02. The lowest BCUT2D eigenvalue weighted by Gasteiger charge is -2.53. The Morgan fingerprint density at radius 2 is 1.82 bits per heavy atom. The zero-order chi connectivity index (χ0) is 28.2. The number of ether oxygens (including phenoxy) is 3. The molecule has 0 saturated heterocycles. The van der Waals surface area contributed by atoms with Crippen molar-refractivity contribution in [2.75, 3.05) is 6.61 Å². The topological polar surface area (TPSA) is 69.9 Å². The summed E-state index contributed by atoms with van der Waals surface area (Å²) in [6, 6.07) is 19.5. The molecule has 1 saturated carbocycles. The molecule has 2 heterocycles. The molecule has 1 spiro atoms. The standard InChI is InChI=1S/C32H31F2NO5/c1-19(30(36)37)40-22-15-32(16-22)28-27-25(10-7-11-26(27)38-17-20-8-5-4-6-9-20)35(29(28)31(2,3)18-39-32)21-12-13-23(33)24(34)14-21/h4-14,19,22H,15-18H2,1-3H3,(H,36,37)/t19?,22-,32-. The van der Waals surface area contributed by atoms with Crippen LogP contribution in [0.4, 0.5) is 8.78 Å². The predicted octanol–water partition coefficient (Wildman–Crippen LogP) is 6.64. The quantitative estimate of drug-likeness (QED) is 0.281. The minimum absolute atomic E-state index is 0.292. The van der Waals surface area contributed by atoms with Crippen LogP contribution in [0, 0.1) is 11.6 Å². The Labute approximate surface area is 231 Å². The lowest BCUT2D eigenvalue weighted by atomic mass is 9.66. The fourth-order valence-corrected chi connectivity index (χ4v) is 6.04. The molecule has 6 rings (SSSR count). The number of aromatic nitrogens is 1. The molecular weight excluding hydrogens is 516 g/mol. The van der Waals surface area contributed by atoms with E-state index in [4.69, 9.17) is 14.2 Å². The second-order valence-corrected chi connectivity index (χ2v) is 11.4. The van der Waals surface area contributed by atoms with E-state index in [1.165, 1.54) is 13.0 Å². The molecule has 2 aliphatic rings. The zero-order valence-corrected chi connectivity index (χ0v) is 22.6. The van der Waals surface area contributed by atoms with Crippen LogP contribution in [0.2, 0.25) is 0 Å². The maximum atomic E-state index is 14.5. The normalized spacial score (nSPS) is 22.1. The van der Waals surface area contributed by atoms with Gasteiger partial charge in [-0.3, -0.25) is 0 Å². The van der Waals surface area contributed by atoms with Gasteiger partial charge in [-0.05, 0) is 36.8 Å². The Bertz CT molecular complexity index is 1590. The minimum Gasteiger partial charge on any atom is -0.488 e. The first-order valence-corrected chi connectivity index (χ1v) is 13.4. The Morgan fingerprint density at radius 1 is 1.07 bits per heavy atom. The first-order valence-electron chi connectivity index (χ1n) is 13.4. The fourth-order valence-electron chi connectivity index (χ4n) is 6.04. The summed E-state index contributed by atoms with van der Waals surface area (Å²) in [5.74, 6) is -2.20. The number of hydrogen-bond donors (Lipinski definition) is 1. The van der Waals surface area contributed by atoms with Crippen molar-refractivity contribution in [2.45, 2.75) is 63.4 Å². The largest absolute Gasteiger partial charge is 0.488 e. The Hall–Kier alpha value is -3.75. The number of aliphatic carboxylic acids is 1. The van der Waals surface area contributed by atoms with Crippen molar-refractivity contribution >= 4 is 16.9 Å².